The standard InChI is InChI=1S/C18H18ClN3O2S2/c19-16-9-5-4-6-13(16)10-24-11-15(23)12-25-18-22-21-17(26-18)20-14-7-2-1-3-8-14/h1-9,15,23H,10-12H2,(H,20,21)/t15-/m1/s1. The zero-order valence-corrected chi connectivity index (χ0v) is 16.2. The average molecular weight is 408 g/mol. The van der Waals surface area contributed by atoms with Crippen molar-refractivity contribution in [3.8, 4) is 0 Å². The molecule has 0 spiro atoms. The molecule has 0 bridgehead atoms. The van der Waals surface area contributed by atoms with Crippen LogP contribution in [0.15, 0.2) is 58.9 Å². The molecule has 2 N–H and O–H groups in total. The van der Waals surface area contributed by atoms with Crippen LogP contribution in [-0.4, -0.2) is 33.8 Å². The molecule has 0 aliphatic carbocycles. The lowest BCUT2D eigenvalue weighted by Gasteiger charge is -2.10. The molecule has 26 heavy (non-hydrogen) atoms. The van der Waals surface area contributed by atoms with Gasteiger partial charge in [-0.05, 0) is 23.8 Å². The molecule has 0 fully saturated rings. The lowest BCUT2D eigenvalue weighted by molar-refractivity contribution is 0.0398. The summed E-state index contributed by atoms with van der Waals surface area (Å²) >= 11 is 8.99. The molecule has 5 nitrogen and oxygen atoms in total. The summed E-state index contributed by atoms with van der Waals surface area (Å²) in [7, 11) is 0. The summed E-state index contributed by atoms with van der Waals surface area (Å²) in [5.41, 5.74) is 1.88. The van der Waals surface area contributed by atoms with Crippen molar-refractivity contribution < 1.29 is 9.84 Å². The van der Waals surface area contributed by atoms with Gasteiger partial charge in [0.05, 0.1) is 19.3 Å². The number of hydrogen-bond donors (Lipinski definition) is 2. The molecule has 0 amide bonds. The lowest BCUT2D eigenvalue weighted by Crippen LogP contribution is -2.17. The number of anilines is 2. The minimum absolute atomic E-state index is 0.242. The minimum Gasteiger partial charge on any atom is -0.390 e. The molecular weight excluding hydrogens is 390 g/mol. The Morgan fingerprint density at radius 2 is 1.88 bits per heavy atom. The zero-order chi connectivity index (χ0) is 18.2. The minimum atomic E-state index is -0.586. The van der Waals surface area contributed by atoms with E-state index in [4.69, 9.17) is 16.3 Å². The van der Waals surface area contributed by atoms with Crippen LogP contribution in [0, 0.1) is 0 Å². The lowest BCUT2D eigenvalue weighted by atomic mass is 10.2. The summed E-state index contributed by atoms with van der Waals surface area (Å²) in [5, 5.41) is 22.9. The molecule has 1 atom stereocenters. The number of nitrogens with zero attached hydrogens (tertiary/aromatic N) is 2. The first-order chi connectivity index (χ1) is 12.7. The van der Waals surface area contributed by atoms with E-state index < -0.39 is 6.10 Å². The molecule has 0 aliphatic heterocycles. The summed E-state index contributed by atoms with van der Waals surface area (Å²) < 4.78 is 6.34. The van der Waals surface area contributed by atoms with Crippen molar-refractivity contribution in [1.82, 2.24) is 10.2 Å². The largest absolute Gasteiger partial charge is 0.390 e. The second-order valence-corrected chi connectivity index (χ2v) is 8.09. The second-order valence-electron chi connectivity index (χ2n) is 5.44. The van der Waals surface area contributed by atoms with Crippen LogP contribution in [0.2, 0.25) is 5.02 Å². The molecular formula is C18H18ClN3O2S2. The number of para-hydroxylation sites is 1. The van der Waals surface area contributed by atoms with E-state index in [0.717, 1.165) is 20.7 Å². The van der Waals surface area contributed by atoms with Gasteiger partial charge in [-0.25, -0.2) is 0 Å². The first-order valence-electron chi connectivity index (χ1n) is 7.98. The second kappa shape index (κ2) is 9.89. The molecule has 2 aromatic carbocycles. The van der Waals surface area contributed by atoms with Crippen molar-refractivity contribution in [3.63, 3.8) is 0 Å². The highest BCUT2D eigenvalue weighted by Gasteiger charge is 2.10. The van der Waals surface area contributed by atoms with E-state index in [1.807, 2.05) is 54.6 Å². The summed E-state index contributed by atoms with van der Waals surface area (Å²) in [6.45, 7) is 0.623. The van der Waals surface area contributed by atoms with Crippen molar-refractivity contribution in [2.75, 3.05) is 17.7 Å². The number of aliphatic hydroxyl groups is 1. The zero-order valence-electron chi connectivity index (χ0n) is 13.8. The fourth-order valence-corrected chi connectivity index (χ4v) is 3.99. The third kappa shape index (κ3) is 5.96. The number of halogens is 1. The topological polar surface area (TPSA) is 67.3 Å². The Balaban J connectivity index is 1.39. The fourth-order valence-electron chi connectivity index (χ4n) is 2.10. The highest BCUT2D eigenvalue weighted by Crippen LogP contribution is 2.28. The van der Waals surface area contributed by atoms with Gasteiger partial charge >= 0.3 is 0 Å². The first kappa shape index (κ1) is 19.1. The molecule has 0 saturated heterocycles. The predicted molar refractivity (Wildman–Crippen MR) is 107 cm³/mol. The number of aromatic nitrogens is 2. The maximum Gasteiger partial charge on any atom is 0.210 e. The van der Waals surface area contributed by atoms with Gasteiger partial charge in [-0.15, -0.1) is 10.2 Å². The first-order valence-corrected chi connectivity index (χ1v) is 10.2. The fraction of sp³-hybridized carbons (Fsp3) is 0.222. The number of rotatable bonds is 9. The normalized spacial score (nSPS) is 12.1. The molecule has 0 radical (unpaired) electrons. The molecule has 0 aliphatic rings. The van der Waals surface area contributed by atoms with E-state index in [9.17, 15) is 5.11 Å². The Morgan fingerprint density at radius 1 is 1.12 bits per heavy atom. The molecule has 136 valence electrons. The third-order valence-corrected chi connectivity index (χ3v) is 5.84. The van der Waals surface area contributed by atoms with Crippen LogP contribution in [0.4, 0.5) is 10.8 Å². The number of hydrogen-bond acceptors (Lipinski definition) is 7. The summed E-state index contributed by atoms with van der Waals surface area (Å²) in [6, 6.07) is 17.3. The van der Waals surface area contributed by atoms with Crippen molar-refractivity contribution in [2.45, 2.75) is 17.1 Å². The van der Waals surface area contributed by atoms with Gasteiger partial charge in [-0.2, -0.15) is 0 Å². The van der Waals surface area contributed by atoms with Gasteiger partial charge in [-0.3, -0.25) is 0 Å². The Morgan fingerprint density at radius 3 is 2.69 bits per heavy atom. The molecule has 0 saturated carbocycles. The predicted octanol–water partition coefficient (Wildman–Crippen LogP) is 4.60. The van der Waals surface area contributed by atoms with Crippen molar-refractivity contribution in [2.24, 2.45) is 0 Å². The van der Waals surface area contributed by atoms with Gasteiger partial charge in [0.2, 0.25) is 5.13 Å². The highest BCUT2D eigenvalue weighted by atomic mass is 35.5. The van der Waals surface area contributed by atoms with Crippen LogP contribution in [0.3, 0.4) is 0 Å². The molecule has 0 unspecified atom stereocenters. The van der Waals surface area contributed by atoms with Gasteiger partial charge in [0.25, 0.3) is 0 Å². The van der Waals surface area contributed by atoms with Crippen LogP contribution < -0.4 is 5.32 Å². The summed E-state index contributed by atoms with van der Waals surface area (Å²) in [4.78, 5) is 0. The Bertz CT molecular complexity index is 817. The van der Waals surface area contributed by atoms with Crippen LogP contribution in [-0.2, 0) is 11.3 Å². The Kier molecular flexibility index (Phi) is 7.28. The molecule has 3 aromatic rings. The van der Waals surface area contributed by atoms with E-state index in [-0.39, 0.29) is 6.61 Å². The van der Waals surface area contributed by atoms with E-state index in [1.54, 1.807) is 0 Å². The number of nitrogens with one attached hydrogen (secondary N) is 1. The maximum absolute atomic E-state index is 10.1. The van der Waals surface area contributed by atoms with Gasteiger partial charge in [0.1, 0.15) is 0 Å². The average Bonchev–Trinajstić information content (AvgIpc) is 3.10. The monoisotopic (exact) mass is 407 g/mol. The van der Waals surface area contributed by atoms with E-state index >= 15 is 0 Å². The van der Waals surface area contributed by atoms with E-state index in [1.165, 1.54) is 23.1 Å². The van der Waals surface area contributed by atoms with Gasteiger partial charge in [0.15, 0.2) is 4.34 Å². The molecule has 1 heterocycles. The quantitative estimate of drug-likeness (QED) is 0.505. The van der Waals surface area contributed by atoms with E-state index in [0.29, 0.717) is 17.4 Å². The van der Waals surface area contributed by atoms with E-state index in [2.05, 4.69) is 15.5 Å². The number of ether oxygens (including phenoxy) is 1. The smallest absolute Gasteiger partial charge is 0.210 e. The number of benzene rings is 2. The Hall–Kier alpha value is -1.64. The number of thioether (sulfide) groups is 1. The van der Waals surface area contributed by atoms with Gasteiger partial charge < -0.3 is 15.2 Å². The molecule has 1 aromatic heterocycles. The third-order valence-electron chi connectivity index (χ3n) is 3.36. The number of aliphatic hydroxyl groups excluding tert-OH is 1. The van der Waals surface area contributed by atoms with Crippen LogP contribution in [0.25, 0.3) is 0 Å². The van der Waals surface area contributed by atoms with Crippen LogP contribution >= 0.6 is 34.7 Å². The molecule has 8 heteroatoms. The van der Waals surface area contributed by atoms with Crippen LogP contribution in [0.5, 0.6) is 0 Å². The van der Waals surface area contributed by atoms with Crippen molar-refractivity contribution >= 4 is 45.5 Å². The maximum atomic E-state index is 10.1. The molecule has 3 rings (SSSR count). The SMILES string of the molecule is O[C@H](COCc1ccccc1Cl)CSc1nnc(Nc2ccccc2)s1. The van der Waals surface area contributed by atoms with Gasteiger partial charge in [-0.1, -0.05) is 71.1 Å². The summed E-state index contributed by atoms with van der Waals surface area (Å²) in [6.07, 6.45) is -0.586. The highest BCUT2D eigenvalue weighted by molar-refractivity contribution is 8.01. The van der Waals surface area contributed by atoms with Gasteiger partial charge in [0, 0.05) is 16.5 Å². The van der Waals surface area contributed by atoms with Crippen molar-refractivity contribution in [1.29, 1.82) is 0 Å². The Labute approximate surface area is 165 Å². The van der Waals surface area contributed by atoms with Crippen molar-refractivity contribution in [3.05, 3.63) is 65.2 Å². The summed E-state index contributed by atoms with van der Waals surface area (Å²) in [5.74, 6) is 0.489. The van der Waals surface area contributed by atoms with Crippen LogP contribution in [0.1, 0.15) is 5.56 Å².